The van der Waals surface area contributed by atoms with Gasteiger partial charge in [0.15, 0.2) is 0 Å². The molecule has 100 valence electrons. The molecule has 3 nitrogen and oxygen atoms in total. The Balaban J connectivity index is 2.47. The van der Waals surface area contributed by atoms with Crippen LogP contribution in [0.3, 0.4) is 0 Å². The molecular weight excluding hydrogens is 234 g/mol. The SMILES string of the molecule is CCN(c1ccc(C)cc1)c1cc(C)ncc1CN. The van der Waals surface area contributed by atoms with Crippen LogP contribution in [0.25, 0.3) is 0 Å². The van der Waals surface area contributed by atoms with Crippen molar-refractivity contribution in [3.8, 4) is 0 Å². The zero-order chi connectivity index (χ0) is 13.8. The Morgan fingerprint density at radius 3 is 2.42 bits per heavy atom. The van der Waals surface area contributed by atoms with Gasteiger partial charge >= 0.3 is 0 Å². The van der Waals surface area contributed by atoms with Crippen molar-refractivity contribution in [1.82, 2.24) is 4.98 Å². The van der Waals surface area contributed by atoms with Crippen LogP contribution in [0.4, 0.5) is 11.4 Å². The molecule has 2 rings (SSSR count). The highest BCUT2D eigenvalue weighted by atomic mass is 15.1. The number of hydrogen-bond donors (Lipinski definition) is 1. The average molecular weight is 255 g/mol. The van der Waals surface area contributed by atoms with Crippen molar-refractivity contribution >= 4 is 11.4 Å². The summed E-state index contributed by atoms with van der Waals surface area (Å²) < 4.78 is 0. The lowest BCUT2D eigenvalue weighted by atomic mass is 10.1. The third kappa shape index (κ3) is 2.93. The van der Waals surface area contributed by atoms with E-state index in [1.165, 1.54) is 11.3 Å². The van der Waals surface area contributed by atoms with Crippen molar-refractivity contribution < 1.29 is 0 Å². The molecule has 3 heteroatoms. The van der Waals surface area contributed by atoms with Crippen LogP contribution >= 0.6 is 0 Å². The predicted molar refractivity (Wildman–Crippen MR) is 80.7 cm³/mol. The van der Waals surface area contributed by atoms with Gasteiger partial charge in [0.2, 0.25) is 0 Å². The summed E-state index contributed by atoms with van der Waals surface area (Å²) in [6.07, 6.45) is 1.88. The fraction of sp³-hybridized carbons (Fsp3) is 0.312. The van der Waals surface area contributed by atoms with E-state index in [1.54, 1.807) is 0 Å². The van der Waals surface area contributed by atoms with Gasteiger partial charge in [0.05, 0.1) is 0 Å². The summed E-state index contributed by atoms with van der Waals surface area (Å²) in [5.41, 5.74) is 11.5. The first-order chi connectivity index (χ1) is 9.15. The van der Waals surface area contributed by atoms with Crippen molar-refractivity contribution in [3.05, 3.63) is 53.3 Å². The first kappa shape index (κ1) is 13.6. The van der Waals surface area contributed by atoms with Gasteiger partial charge in [-0.25, -0.2) is 0 Å². The van der Waals surface area contributed by atoms with E-state index in [0.29, 0.717) is 6.54 Å². The van der Waals surface area contributed by atoms with Crippen molar-refractivity contribution in [2.75, 3.05) is 11.4 Å². The summed E-state index contributed by atoms with van der Waals surface area (Å²) in [7, 11) is 0. The van der Waals surface area contributed by atoms with E-state index in [9.17, 15) is 0 Å². The second-order valence-electron chi connectivity index (χ2n) is 4.74. The summed E-state index contributed by atoms with van der Waals surface area (Å²) in [6, 6.07) is 10.7. The summed E-state index contributed by atoms with van der Waals surface area (Å²) in [5, 5.41) is 0. The molecule has 0 saturated heterocycles. The Morgan fingerprint density at radius 2 is 1.84 bits per heavy atom. The molecule has 0 amide bonds. The highest BCUT2D eigenvalue weighted by Crippen LogP contribution is 2.28. The third-order valence-corrected chi connectivity index (χ3v) is 3.27. The van der Waals surface area contributed by atoms with Gasteiger partial charge in [0, 0.05) is 41.9 Å². The molecule has 0 fully saturated rings. The number of hydrogen-bond acceptors (Lipinski definition) is 3. The molecule has 0 aliphatic heterocycles. The summed E-state index contributed by atoms with van der Waals surface area (Å²) in [6.45, 7) is 7.66. The maximum atomic E-state index is 5.83. The van der Waals surface area contributed by atoms with Gasteiger partial charge in [0.1, 0.15) is 0 Å². The number of benzene rings is 1. The number of aromatic nitrogens is 1. The highest BCUT2D eigenvalue weighted by Gasteiger charge is 2.11. The molecule has 1 aromatic carbocycles. The monoisotopic (exact) mass is 255 g/mol. The van der Waals surface area contributed by atoms with E-state index in [1.807, 2.05) is 13.1 Å². The standard InChI is InChI=1S/C16H21N3/c1-4-19(15-7-5-12(2)6-8-15)16-9-13(3)18-11-14(16)10-17/h5-9,11H,4,10,17H2,1-3H3. The molecule has 0 atom stereocenters. The van der Waals surface area contributed by atoms with Crippen LogP contribution in [0.5, 0.6) is 0 Å². The third-order valence-electron chi connectivity index (χ3n) is 3.27. The minimum atomic E-state index is 0.505. The normalized spacial score (nSPS) is 10.5. The van der Waals surface area contributed by atoms with Gasteiger partial charge in [0.25, 0.3) is 0 Å². The summed E-state index contributed by atoms with van der Waals surface area (Å²) in [4.78, 5) is 6.60. The van der Waals surface area contributed by atoms with Gasteiger partial charge in [-0.1, -0.05) is 17.7 Å². The Hall–Kier alpha value is -1.87. The Bertz CT molecular complexity index is 546. The Labute approximate surface area is 115 Å². The van der Waals surface area contributed by atoms with Gasteiger partial charge < -0.3 is 10.6 Å². The largest absolute Gasteiger partial charge is 0.341 e. The topological polar surface area (TPSA) is 42.2 Å². The molecule has 1 heterocycles. The van der Waals surface area contributed by atoms with E-state index < -0.39 is 0 Å². The molecule has 0 saturated carbocycles. The van der Waals surface area contributed by atoms with Gasteiger partial charge in [-0.15, -0.1) is 0 Å². The smallest absolute Gasteiger partial charge is 0.0489 e. The van der Waals surface area contributed by atoms with Crippen molar-refractivity contribution in [3.63, 3.8) is 0 Å². The van der Waals surface area contributed by atoms with Crippen LogP contribution in [0, 0.1) is 13.8 Å². The van der Waals surface area contributed by atoms with Gasteiger partial charge in [-0.05, 0) is 39.0 Å². The Kier molecular flexibility index (Phi) is 4.17. The second-order valence-corrected chi connectivity index (χ2v) is 4.74. The van der Waals surface area contributed by atoms with Crippen LogP contribution in [0.2, 0.25) is 0 Å². The van der Waals surface area contributed by atoms with E-state index in [4.69, 9.17) is 5.73 Å². The Morgan fingerprint density at radius 1 is 1.16 bits per heavy atom. The molecule has 0 aliphatic carbocycles. The van der Waals surface area contributed by atoms with Crippen LogP contribution in [-0.2, 0) is 6.54 Å². The molecule has 0 radical (unpaired) electrons. The lowest BCUT2D eigenvalue weighted by Gasteiger charge is -2.26. The first-order valence-electron chi connectivity index (χ1n) is 6.65. The first-order valence-corrected chi connectivity index (χ1v) is 6.65. The number of rotatable bonds is 4. The van der Waals surface area contributed by atoms with E-state index in [2.05, 4.69) is 54.1 Å². The second kappa shape index (κ2) is 5.85. The number of pyridine rings is 1. The van der Waals surface area contributed by atoms with Crippen LogP contribution in [-0.4, -0.2) is 11.5 Å². The molecule has 2 aromatic rings. The van der Waals surface area contributed by atoms with Crippen LogP contribution in [0.15, 0.2) is 36.5 Å². The van der Waals surface area contributed by atoms with E-state index in [-0.39, 0.29) is 0 Å². The maximum absolute atomic E-state index is 5.83. The predicted octanol–water partition coefficient (Wildman–Crippen LogP) is 3.32. The number of nitrogens with zero attached hydrogens (tertiary/aromatic N) is 2. The fourth-order valence-electron chi connectivity index (χ4n) is 2.20. The molecule has 19 heavy (non-hydrogen) atoms. The van der Waals surface area contributed by atoms with Crippen LogP contribution in [0.1, 0.15) is 23.7 Å². The molecule has 2 N–H and O–H groups in total. The molecule has 1 aromatic heterocycles. The van der Waals surface area contributed by atoms with Crippen molar-refractivity contribution in [2.24, 2.45) is 5.73 Å². The molecular formula is C16H21N3. The van der Waals surface area contributed by atoms with Crippen molar-refractivity contribution in [1.29, 1.82) is 0 Å². The van der Waals surface area contributed by atoms with Gasteiger partial charge in [-0.3, -0.25) is 4.98 Å². The molecule has 0 spiro atoms. The van der Waals surface area contributed by atoms with E-state index >= 15 is 0 Å². The lowest BCUT2D eigenvalue weighted by molar-refractivity contribution is 0.963. The van der Waals surface area contributed by atoms with Crippen molar-refractivity contribution in [2.45, 2.75) is 27.3 Å². The molecule has 0 aliphatic rings. The average Bonchev–Trinajstić information content (AvgIpc) is 2.42. The minimum Gasteiger partial charge on any atom is -0.341 e. The number of aryl methyl sites for hydroxylation is 2. The zero-order valence-electron chi connectivity index (χ0n) is 11.9. The zero-order valence-corrected chi connectivity index (χ0v) is 11.9. The van der Waals surface area contributed by atoms with Gasteiger partial charge in [-0.2, -0.15) is 0 Å². The maximum Gasteiger partial charge on any atom is 0.0489 e. The fourth-order valence-corrected chi connectivity index (χ4v) is 2.20. The molecule has 0 bridgehead atoms. The minimum absolute atomic E-state index is 0.505. The highest BCUT2D eigenvalue weighted by molar-refractivity contribution is 5.66. The number of nitrogens with two attached hydrogens (primary N) is 1. The number of anilines is 2. The summed E-state index contributed by atoms with van der Waals surface area (Å²) >= 11 is 0. The molecule has 0 unspecified atom stereocenters. The van der Waals surface area contributed by atoms with Crippen LogP contribution < -0.4 is 10.6 Å². The quantitative estimate of drug-likeness (QED) is 0.911. The summed E-state index contributed by atoms with van der Waals surface area (Å²) in [5.74, 6) is 0. The lowest BCUT2D eigenvalue weighted by Crippen LogP contribution is -2.19. The van der Waals surface area contributed by atoms with E-state index in [0.717, 1.165) is 23.5 Å².